The van der Waals surface area contributed by atoms with Gasteiger partial charge >= 0.3 is 5.97 Å². The number of carbonyl (C=O) groups is 3. The van der Waals surface area contributed by atoms with Gasteiger partial charge in [0.05, 0.1) is 11.3 Å². The maximum atomic E-state index is 13.0. The van der Waals surface area contributed by atoms with Crippen LogP contribution in [0, 0.1) is 0 Å². The zero-order valence-corrected chi connectivity index (χ0v) is 19.8. The normalized spacial score (nSPS) is 11.7. The number of nitrogens with zero attached hydrogens (tertiary/aromatic N) is 6. The molecule has 1 atom stereocenters. The average Bonchev–Trinajstić information content (AvgIpc) is 3.43. The van der Waals surface area contributed by atoms with Gasteiger partial charge in [-0.15, -0.1) is 5.10 Å². The van der Waals surface area contributed by atoms with Gasteiger partial charge in [0, 0.05) is 35.5 Å². The van der Waals surface area contributed by atoms with Gasteiger partial charge in [-0.2, -0.15) is 4.68 Å². The van der Waals surface area contributed by atoms with E-state index in [1.54, 1.807) is 18.2 Å². The zero-order chi connectivity index (χ0) is 26.2. The van der Waals surface area contributed by atoms with E-state index in [1.165, 1.54) is 23.2 Å². The number of aromatic nitrogens is 6. The van der Waals surface area contributed by atoms with E-state index in [4.69, 9.17) is 16.7 Å². The molecule has 12 nitrogen and oxygen atoms in total. The molecule has 0 aliphatic carbocycles. The number of halogens is 1. The molecule has 2 aromatic heterocycles. The van der Waals surface area contributed by atoms with E-state index >= 15 is 0 Å². The van der Waals surface area contributed by atoms with E-state index in [0.717, 1.165) is 18.0 Å². The van der Waals surface area contributed by atoms with E-state index in [-0.39, 0.29) is 17.9 Å². The van der Waals surface area contributed by atoms with E-state index in [1.807, 2.05) is 30.3 Å². The van der Waals surface area contributed by atoms with Gasteiger partial charge in [-0.25, -0.2) is 14.8 Å². The lowest BCUT2D eigenvalue weighted by Crippen LogP contribution is -2.45. The SMILES string of the molecule is O=C(C=Cc1cc(Cl)ccc1-n1cnnn1)N[C@@H](Cc1ccccc1)C(=O)Nc1ncc(C(=O)O)cn1. The van der Waals surface area contributed by atoms with Crippen LogP contribution in [0.5, 0.6) is 0 Å². The highest BCUT2D eigenvalue weighted by Crippen LogP contribution is 2.20. The molecule has 2 heterocycles. The summed E-state index contributed by atoms with van der Waals surface area (Å²) in [5.74, 6) is -2.41. The molecule has 0 spiro atoms. The molecule has 0 saturated heterocycles. The number of amides is 2. The Bertz CT molecular complexity index is 1430. The number of hydrogen-bond acceptors (Lipinski definition) is 8. The first-order valence-electron chi connectivity index (χ1n) is 10.8. The van der Waals surface area contributed by atoms with Gasteiger partial charge in [0.25, 0.3) is 0 Å². The molecule has 4 rings (SSSR count). The smallest absolute Gasteiger partial charge is 0.338 e. The molecule has 0 saturated carbocycles. The second-order valence-corrected chi connectivity index (χ2v) is 8.07. The van der Waals surface area contributed by atoms with Crippen LogP contribution in [0.2, 0.25) is 5.02 Å². The highest BCUT2D eigenvalue weighted by Gasteiger charge is 2.22. The van der Waals surface area contributed by atoms with E-state index < -0.39 is 23.8 Å². The Hall–Kier alpha value is -4.97. The molecule has 4 aromatic rings. The highest BCUT2D eigenvalue weighted by molar-refractivity contribution is 6.30. The molecule has 2 amide bonds. The molecule has 0 unspecified atom stereocenters. The number of hydrogen-bond donors (Lipinski definition) is 3. The minimum atomic E-state index is -1.19. The Morgan fingerprint density at radius 1 is 1.08 bits per heavy atom. The van der Waals surface area contributed by atoms with E-state index in [9.17, 15) is 14.4 Å². The number of benzene rings is 2. The Labute approximate surface area is 215 Å². The van der Waals surface area contributed by atoms with Crippen molar-refractivity contribution in [3.05, 3.63) is 95.0 Å². The fraction of sp³-hybridized carbons (Fsp3) is 0.0833. The number of anilines is 1. The lowest BCUT2D eigenvalue weighted by molar-refractivity contribution is -0.123. The second-order valence-electron chi connectivity index (χ2n) is 7.63. The number of nitrogens with one attached hydrogen (secondary N) is 2. The van der Waals surface area contributed by atoms with Gasteiger partial charge in [0.15, 0.2) is 0 Å². The topological polar surface area (TPSA) is 165 Å². The van der Waals surface area contributed by atoms with Crippen LogP contribution in [0.3, 0.4) is 0 Å². The van der Waals surface area contributed by atoms with E-state index in [0.29, 0.717) is 16.3 Å². The van der Waals surface area contributed by atoms with Crippen molar-refractivity contribution in [2.45, 2.75) is 12.5 Å². The van der Waals surface area contributed by atoms with Crippen molar-refractivity contribution in [2.24, 2.45) is 0 Å². The van der Waals surface area contributed by atoms with Gasteiger partial charge in [0.1, 0.15) is 12.4 Å². The minimum Gasteiger partial charge on any atom is -0.478 e. The average molecular weight is 519 g/mol. The Morgan fingerprint density at radius 2 is 1.84 bits per heavy atom. The molecule has 3 N–H and O–H groups in total. The number of carboxylic acid groups (broad SMARTS) is 1. The van der Waals surface area contributed by atoms with Gasteiger partial charge in [0.2, 0.25) is 17.8 Å². The molecule has 0 bridgehead atoms. The van der Waals surface area contributed by atoms with Crippen LogP contribution in [-0.4, -0.2) is 59.1 Å². The number of aromatic carboxylic acids is 1. The highest BCUT2D eigenvalue weighted by atomic mass is 35.5. The number of tetrazole rings is 1. The van der Waals surface area contributed by atoms with Gasteiger partial charge < -0.3 is 10.4 Å². The zero-order valence-electron chi connectivity index (χ0n) is 19.0. The molecule has 37 heavy (non-hydrogen) atoms. The third kappa shape index (κ3) is 6.80. The Morgan fingerprint density at radius 3 is 2.51 bits per heavy atom. The molecule has 2 aromatic carbocycles. The number of carboxylic acids is 1. The minimum absolute atomic E-state index is 0.0946. The van der Waals surface area contributed by atoms with Crippen molar-refractivity contribution < 1.29 is 19.5 Å². The maximum absolute atomic E-state index is 13.0. The molecular weight excluding hydrogens is 500 g/mol. The standard InChI is InChI=1S/C24H19ClN8O4/c25-18-7-8-20(33-14-28-31-32-33)16(11-18)6-9-21(34)29-19(10-15-4-2-1-3-5-15)22(35)30-24-26-12-17(13-27-24)23(36)37/h1-9,11-14,19H,10H2,(H,29,34)(H,36,37)(H,26,27,30,35)/t19-/m0/s1. The summed E-state index contributed by atoms with van der Waals surface area (Å²) in [6.45, 7) is 0. The predicted molar refractivity (Wildman–Crippen MR) is 133 cm³/mol. The fourth-order valence-corrected chi connectivity index (χ4v) is 3.46. The molecule has 13 heteroatoms. The number of carbonyl (C=O) groups excluding carboxylic acids is 2. The van der Waals surface area contributed by atoms with Crippen LogP contribution in [-0.2, 0) is 16.0 Å². The summed E-state index contributed by atoms with van der Waals surface area (Å²) >= 11 is 6.12. The lowest BCUT2D eigenvalue weighted by atomic mass is 10.1. The summed E-state index contributed by atoms with van der Waals surface area (Å²) in [5, 5.41) is 25.7. The van der Waals surface area contributed by atoms with Crippen molar-refractivity contribution in [1.82, 2.24) is 35.5 Å². The quantitative estimate of drug-likeness (QED) is 0.281. The summed E-state index contributed by atoms with van der Waals surface area (Å²) in [5.41, 5.74) is 1.86. The molecule has 0 aliphatic heterocycles. The summed E-state index contributed by atoms with van der Waals surface area (Å²) in [6, 6.07) is 13.2. The summed E-state index contributed by atoms with van der Waals surface area (Å²) in [7, 11) is 0. The van der Waals surface area contributed by atoms with Crippen molar-refractivity contribution in [2.75, 3.05) is 5.32 Å². The van der Waals surface area contributed by atoms with Crippen LogP contribution in [0.15, 0.2) is 73.3 Å². The van der Waals surface area contributed by atoms with Crippen molar-refractivity contribution in [3.8, 4) is 5.69 Å². The first-order valence-corrected chi connectivity index (χ1v) is 11.2. The molecule has 0 aliphatic rings. The first kappa shape index (κ1) is 25.1. The first-order chi connectivity index (χ1) is 17.9. The Kier molecular flexibility index (Phi) is 7.91. The van der Waals surface area contributed by atoms with Crippen molar-refractivity contribution in [3.63, 3.8) is 0 Å². The van der Waals surface area contributed by atoms with E-state index in [2.05, 4.69) is 36.1 Å². The third-order valence-electron chi connectivity index (χ3n) is 5.05. The lowest BCUT2D eigenvalue weighted by Gasteiger charge is -2.17. The van der Waals surface area contributed by atoms with Crippen LogP contribution in [0.1, 0.15) is 21.5 Å². The monoisotopic (exact) mass is 518 g/mol. The summed E-state index contributed by atoms with van der Waals surface area (Å²) < 4.78 is 1.43. The van der Waals surface area contributed by atoms with Crippen molar-refractivity contribution >= 4 is 41.4 Å². The maximum Gasteiger partial charge on any atom is 0.338 e. The molecule has 0 radical (unpaired) electrons. The van der Waals surface area contributed by atoms with Crippen LogP contribution in [0.4, 0.5) is 5.95 Å². The second kappa shape index (κ2) is 11.6. The van der Waals surface area contributed by atoms with Crippen LogP contribution >= 0.6 is 11.6 Å². The van der Waals surface area contributed by atoms with Gasteiger partial charge in [-0.3, -0.25) is 14.9 Å². The molecule has 0 fully saturated rings. The van der Waals surface area contributed by atoms with Gasteiger partial charge in [-0.05, 0) is 40.3 Å². The fourth-order valence-electron chi connectivity index (χ4n) is 3.28. The largest absolute Gasteiger partial charge is 0.478 e. The predicted octanol–water partition coefficient (Wildman–Crippen LogP) is 2.18. The molecule has 186 valence electrons. The summed E-state index contributed by atoms with van der Waals surface area (Å²) in [6.07, 6.45) is 6.54. The van der Waals surface area contributed by atoms with Crippen molar-refractivity contribution in [1.29, 1.82) is 0 Å². The number of rotatable bonds is 9. The molecular formula is C24H19ClN8O4. The van der Waals surface area contributed by atoms with Crippen LogP contribution < -0.4 is 10.6 Å². The Balaban J connectivity index is 1.51. The van der Waals surface area contributed by atoms with Crippen LogP contribution in [0.25, 0.3) is 11.8 Å². The van der Waals surface area contributed by atoms with Gasteiger partial charge in [-0.1, -0.05) is 41.9 Å². The third-order valence-corrected chi connectivity index (χ3v) is 5.28. The summed E-state index contributed by atoms with van der Waals surface area (Å²) in [4.78, 5) is 44.5.